The van der Waals surface area contributed by atoms with Crippen LogP contribution in [-0.4, -0.2) is 35.7 Å². The molecule has 0 saturated carbocycles. The van der Waals surface area contributed by atoms with E-state index in [2.05, 4.69) is 0 Å². The van der Waals surface area contributed by atoms with Crippen molar-refractivity contribution in [3.05, 3.63) is 131 Å². The predicted octanol–water partition coefficient (Wildman–Crippen LogP) is 5.22. The van der Waals surface area contributed by atoms with E-state index in [1.807, 2.05) is 66.4 Å². The van der Waals surface area contributed by atoms with Crippen LogP contribution in [0.15, 0.2) is 109 Å². The van der Waals surface area contributed by atoms with Crippen molar-refractivity contribution in [1.29, 1.82) is 0 Å². The number of imide groups is 1. The smallest absolute Gasteiger partial charge is 0.335 e. The van der Waals surface area contributed by atoms with Crippen LogP contribution in [0, 0.1) is 18.8 Å². The number of ketones is 1. The molecule has 4 atom stereocenters. The highest BCUT2D eigenvalue weighted by Crippen LogP contribution is 2.49. The first-order valence-electron chi connectivity index (χ1n) is 13.8. The fourth-order valence-electron chi connectivity index (χ4n) is 6.34. The number of amides is 2. The molecule has 7 nitrogen and oxygen atoms in total. The van der Waals surface area contributed by atoms with Crippen molar-refractivity contribution in [2.45, 2.75) is 19.0 Å². The molecular formula is C35H26N2O5. The Labute approximate surface area is 242 Å². The molecule has 42 heavy (non-hydrogen) atoms. The molecule has 0 N–H and O–H groups in total. The Morgan fingerprint density at radius 3 is 2.10 bits per heavy atom. The number of esters is 1. The van der Waals surface area contributed by atoms with Crippen molar-refractivity contribution in [2.75, 3.05) is 9.80 Å². The number of fused-ring (bicyclic) bond motifs is 5. The first-order chi connectivity index (χ1) is 20.4. The lowest BCUT2D eigenvalue weighted by molar-refractivity contribution is -0.139. The molecule has 7 heteroatoms. The minimum absolute atomic E-state index is 0.141. The van der Waals surface area contributed by atoms with Gasteiger partial charge in [-0.25, -0.2) is 9.69 Å². The average molecular weight is 555 g/mol. The third-order valence-electron chi connectivity index (χ3n) is 8.32. The molecule has 2 amide bonds. The summed E-state index contributed by atoms with van der Waals surface area (Å²) in [7, 11) is 0. The van der Waals surface area contributed by atoms with Crippen LogP contribution in [-0.2, 0) is 14.4 Å². The first kappa shape index (κ1) is 25.7. The highest BCUT2D eigenvalue weighted by molar-refractivity contribution is 6.24. The number of benzene rings is 4. The zero-order valence-corrected chi connectivity index (χ0v) is 22.7. The summed E-state index contributed by atoms with van der Waals surface area (Å²) in [6.07, 6.45) is 3.84. The van der Waals surface area contributed by atoms with Crippen LogP contribution in [0.2, 0.25) is 0 Å². The van der Waals surface area contributed by atoms with Gasteiger partial charge >= 0.3 is 5.97 Å². The van der Waals surface area contributed by atoms with Gasteiger partial charge in [-0.2, -0.15) is 0 Å². The molecule has 0 radical (unpaired) electrons. The zero-order valence-electron chi connectivity index (χ0n) is 22.7. The third kappa shape index (κ3) is 4.05. The normalized spacial score (nSPS) is 22.0. The Hall–Kier alpha value is -5.30. The summed E-state index contributed by atoms with van der Waals surface area (Å²) in [6, 6.07) is 28.6. The van der Waals surface area contributed by atoms with Gasteiger partial charge in [0.05, 0.1) is 23.6 Å². The second-order valence-electron chi connectivity index (χ2n) is 10.8. The highest BCUT2D eigenvalue weighted by Gasteiger charge is 2.65. The SMILES string of the molecule is Cc1ccc(N2C(=O)[C@@H]3[C@H](C2=O)[C@H](C(=O)Oc2ccc(C(=O)c4ccccc4)cc2)N2c4ccccc4C=C[C@H]32)cc1. The summed E-state index contributed by atoms with van der Waals surface area (Å²) in [6.45, 7) is 1.93. The zero-order chi connectivity index (χ0) is 29.0. The number of ether oxygens (including phenoxy) is 1. The summed E-state index contributed by atoms with van der Waals surface area (Å²) >= 11 is 0. The molecule has 0 aromatic heterocycles. The minimum Gasteiger partial charge on any atom is -0.425 e. The summed E-state index contributed by atoms with van der Waals surface area (Å²) in [5.41, 5.74) is 4.18. The fraction of sp³-hybridized carbons (Fsp3) is 0.143. The Morgan fingerprint density at radius 1 is 0.714 bits per heavy atom. The number of anilines is 2. The summed E-state index contributed by atoms with van der Waals surface area (Å²) in [5, 5.41) is 0. The first-order valence-corrected chi connectivity index (χ1v) is 13.8. The Balaban J connectivity index is 1.22. The van der Waals surface area contributed by atoms with Crippen molar-refractivity contribution >= 4 is 41.0 Å². The number of carbonyl (C=O) groups is 4. The van der Waals surface area contributed by atoms with Crippen molar-refractivity contribution < 1.29 is 23.9 Å². The quantitative estimate of drug-likeness (QED) is 0.146. The molecule has 0 spiro atoms. The summed E-state index contributed by atoms with van der Waals surface area (Å²) in [5.74, 6) is -2.94. The Morgan fingerprint density at radius 2 is 1.36 bits per heavy atom. The van der Waals surface area contributed by atoms with Gasteiger partial charge in [0, 0.05) is 16.8 Å². The van der Waals surface area contributed by atoms with E-state index in [1.165, 1.54) is 4.90 Å². The van der Waals surface area contributed by atoms with Gasteiger partial charge in [-0.05, 0) is 55.0 Å². The number of carbonyl (C=O) groups excluding carboxylic acids is 4. The molecule has 0 unspecified atom stereocenters. The molecule has 206 valence electrons. The number of hydrogen-bond donors (Lipinski definition) is 0. The van der Waals surface area contributed by atoms with Crippen LogP contribution in [0.4, 0.5) is 11.4 Å². The standard InChI is InChI=1S/C35H26N2O5/c1-21-11-16-25(17-12-21)36-33(39)29-28-20-15-22-7-5-6-10-27(22)37(28)31(30(29)34(36)40)35(41)42-26-18-13-24(14-19-26)32(38)23-8-3-2-4-9-23/h2-20,28-31H,1H3/t28-,29+,30+,31-/m1/s1. The van der Waals surface area contributed by atoms with E-state index in [1.54, 1.807) is 60.7 Å². The van der Waals surface area contributed by atoms with Gasteiger partial charge in [0.25, 0.3) is 0 Å². The van der Waals surface area contributed by atoms with Crippen LogP contribution >= 0.6 is 0 Å². The van der Waals surface area contributed by atoms with E-state index in [4.69, 9.17) is 4.74 Å². The monoisotopic (exact) mass is 554 g/mol. The van der Waals surface area contributed by atoms with Gasteiger partial charge in [-0.3, -0.25) is 14.4 Å². The van der Waals surface area contributed by atoms with E-state index in [9.17, 15) is 19.2 Å². The highest BCUT2D eigenvalue weighted by atomic mass is 16.5. The largest absolute Gasteiger partial charge is 0.425 e. The number of nitrogens with zero attached hydrogens (tertiary/aromatic N) is 2. The van der Waals surface area contributed by atoms with E-state index < -0.39 is 35.8 Å². The van der Waals surface area contributed by atoms with Crippen LogP contribution in [0.1, 0.15) is 27.0 Å². The maximum atomic E-state index is 14.0. The lowest BCUT2D eigenvalue weighted by Gasteiger charge is -2.36. The van der Waals surface area contributed by atoms with Gasteiger partial charge in [-0.1, -0.05) is 78.4 Å². The predicted molar refractivity (Wildman–Crippen MR) is 158 cm³/mol. The Kier molecular flexibility index (Phi) is 6.08. The van der Waals surface area contributed by atoms with E-state index in [0.717, 1.165) is 16.8 Å². The molecule has 7 rings (SSSR count). The van der Waals surface area contributed by atoms with Crippen molar-refractivity contribution in [1.82, 2.24) is 0 Å². The maximum absolute atomic E-state index is 14.0. The van der Waals surface area contributed by atoms with Crippen LogP contribution in [0.25, 0.3) is 6.08 Å². The maximum Gasteiger partial charge on any atom is 0.335 e. The lowest BCUT2D eigenvalue weighted by atomic mass is 9.89. The van der Waals surface area contributed by atoms with E-state index in [-0.39, 0.29) is 17.4 Å². The molecule has 2 saturated heterocycles. The fourth-order valence-corrected chi connectivity index (χ4v) is 6.34. The second kappa shape index (κ2) is 9.96. The van der Waals surface area contributed by atoms with Gasteiger partial charge in [0.2, 0.25) is 11.8 Å². The average Bonchev–Trinajstić information content (AvgIpc) is 3.50. The second-order valence-corrected chi connectivity index (χ2v) is 10.8. The molecule has 3 aliphatic heterocycles. The van der Waals surface area contributed by atoms with Crippen LogP contribution in [0.5, 0.6) is 5.75 Å². The van der Waals surface area contributed by atoms with Gasteiger partial charge in [0.15, 0.2) is 5.78 Å². The van der Waals surface area contributed by atoms with Crippen molar-refractivity contribution in [2.24, 2.45) is 11.8 Å². The lowest BCUT2D eigenvalue weighted by Crippen LogP contribution is -2.50. The molecule has 3 heterocycles. The molecule has 3 aliphatic rings. The molecular weight excluding hydrogens is 528 g/mol. The van der Waals surface area contributed by atoms with Gasteiger partial charge in [-0.15, -0.1) is 0 Å². The molecule has 0 bridgehead atoms. The van der Waals surface area contributed by atoms with Crippen molar-refractivity contribution in [3.8, 4) is 5.75 Å². The molecule has 2 fully saturated rings. The third-order valence-corrected chi connectivity index (χ3v) is 8.32. The van der Waals surface area contributed by atoms with E-state index >= 15 is 0 Å². The number of rotatable bonds is 5. The van der Waals surface area contributed by atoms with E-state index in [0.29, 0.717) is 16.8 Å². The summed E-state index contributed by atoms with van der Waals surface area (Å²) in [4.78, 5) is 57.7. The number of aryl methyl sites for hydroxylation is 1. The number of hydrogen-bond acceptors (Lipinski definition) is 6. The number of para-hydroxylation sites is 1. The molecule has 4 aromatic rings. The topological polar surface area (TPSA) is 84.0 Å². The minimum atomic E-state index is -1.02. The molecule has 4 aromatic carbocycles. The van der Waals surface area contributed by atoms with Crippen LogP contribution in [0.3, 0.4) is 0 Å². The van der Waals surface area contributed by atoms with Gasteiger partial charge in [0.1, 0.15) is 11.8 Å². The summed E-state index contributed by atoms with van der Waals surface area (Å²) < 4.78 is 5.85. The van der Waals surface area contributed by atoms with Crippen LogP contribution < -0.4 is 14.5 Å². The van der Waals surface area contributed by atoms with Crippen molar-refractivity contribution in [3.63, 3.8) is 0 Å². The Bertz CT molecular complexity index is 1760. The molecule has 0 aliphatic carbocycles. The van der Waals surface area contributed by atoms with Gasteiger partial charge < -0.3 is 9.64 Å².